The first-order chi connectivity index (χ1) is 11.7. The number of nitrogens with zero attached hydrogens (tertiary/aromatic N) is 1. The Kier molecular flexibility index (Phi) is 3.45. The summed E-state index contributed by atoms with van der Waals surface area (Å²) in [4.78, 5) is 25.3. The van der Waals surface area contributed by atoms with Gasteiger partial charge in [-0.1, -0.05) is 31.2 Å². The fourth-order valence-electron chi connectivity index (χ4n) is 3.34. The van der Waals surface area contributed by atoms with Gasteiger partial charge in [0.15, 0.2) is 0 Å². The standard InChI is InChI=1S/C20H18N2O2/c1-2-13-6-8-15(9-7-13)21-20(24)17-12-22-11-10-14-4-3-5-16(18(14)22)19(17)23/h3-9,12H,2,10-11H2,1H3,(H,21,24). The molecule has 2 aromatic carbocycles. The third-order valence-electron chi connectivity index (χ3n) is 4.67. The molecule has 0 saturated heterocycles. The summed E-state index contributed by atoms with van der Waals surface area (Å²) >= 11 is 0. The zero-order valence-corrected chi connectivity index (χ0v) is 13.5. The number of anilines is 1. The van der Waals surface area contributed by atoms with Gasteiger partial charge in [0, 0.05) is 23.8 Å². The Morgan fingerprint density at radius 1 is 1.17 bits per heavy atom. The maximum atomic E-state index is 12.7. The zero-order chi connectivity index (χ0) is 16.7. The number of aromatic nitrogens is 1. The molecule has 3 aromatic rings. The fourth-order valence-corrected chi connectivity index (χ4v) is 3.34. The number of aryl methyl sites for hydroxylation is 3. The molecule has 0 aliphatic carbocycles. The van der Waals surface area contributed by atoms with Crippen LogP contribution in [0, 0.1) is 0 Å². The summed E-state index contributed by atoms with van der Waals surface area (Å²) in [6.07, 6.45) is 3.54. The second kappa shape index (κ2) is 5.64. The van der Waals surface area contributed by atoms with Gasteiger partial charge in [0.05, 0.1) is 5.52 Å². The molecule has 1 N–H and O–H groups in total. The van der Waals surface area contributed by atoms with Crippen molar-refractivity contribution in [3.63, 3.8) is 0 Å². The number of hydrogen-bond donors (Lipinski definition) is 1. The molecule has 1 aliphatic heterocycles. The molecule has 0 bridgehead atoms. The molecule has 4 heteroatoms. The van der Waals surface area contributed by atoms with Crippen LogP contribution in [0.4, 0.5) is 5.69 Å². The second-order valence-corrected chi connectivity index (χ2v) is 6.13. The summed E-state index contributed by atoms with van der Waals surface area (Å²) in [6, 6.07) is 13.4. The van der Waals surface area contributed by atoms with E-state index in [0.29, 0.717) is 11.1 Å². The van der Waals surface area contributed by atoms with Gasteiger partial charge < -0.3 is 9.88 Å². The summed E-state index contributed by atoms with van der Waals surface area (Å²) in [5.74, 6) is -0.354. The van der Waals surface area contributed by atoms with Crippen molar-refractivity contribution in [1.29, 1.82) is 0 Å². The molecule has 0 radical (unpaired) electrons. The minimum Gasteiger partial charge on any atom is -0.346 e. The largest absolute Gasteiger partial charge is 0.346 e. The first-order valence-corrected chi connectivity index (χ1v) is 8.22. The van der Waals surface area contributed by atoms with Gasteiger partial charge in [-0.15, -0.1) is 0 Å². The molecule has 1 amide bonds. The van der Waals surface area contributed by atoms with Gasteiger partial charge in [0.2, 0.25) is 5.43 Å². The van der Waals surface area contributed by atoms with E-state index in [0.717, 1.165) is 24.9 Å². The van der Waals surface area contributed by atoms with Crippen LogP contribution in [-0.4, -0.2) is 10.5 Å². The molecule has 1 aliphatic rings. The topological polar surface area (TPSA) is 51.1 Å². The quantitative estimate of drug-likeness (QED) is 0.805. The van der Waals surface area contributed by atoms with E-state index in [-0.39, 0.29) is 16.9 Å². The van der Waals surface area contributed by atoms with Crippen molar-refractivity contribution < 1.29 is 4.79 Å². The van der Waals surface area contributed by atoms with E-state index in [1.165, 1.54) is 11.1 Å². The number of carbonyl (C=O) groups is 1. The SMILES string of the molecule is CCc1ccc(NC(=O)c2cn3c4c(cccc4c2=O)CC3)cc1. The van der Waals surface area contributed by atoms with E-state index >= 15 is 0 Å². The summed E-state index contributed by atoms with van der Waals surface area (Å²) in [6.45, 7) is 2.89. The van der Waals surface area contributed by atoms with Gasteiger partial charge in [0.25, 0.3) is 5.91 Å². The minimum absolute atomic E-state index is 0.195. The Labute approximate surface area is 139 Å². The lowest BCUT2D eigenvalue weighted by Crippen LogP contribution is -2.23. The third kappa shape index (κ3) is 2.31. The van der Waals surface area contributed by atoms with Crippen molar-refractivity contribution in [2.45, 2.75) is 26.3 Å². The first-order valence-electron chi connectivity index (χ1n) is 8.22. The highest BCUT2D eigenvalue weighted by atomic mass is 16.2. The predicted octanol–water partition coefficient (Wildman–Crippen LogP) is 3.37. The lowest BCUT2D eigenvalue weighted by atomic mass is 10.1. The summed E-state index contributed by atoms with van der Waals surface area (Å²) in [7, 11) is 0. The van der Waals surface area contributed by atoms with Crippen molar-refractivity contribution in [1.82, 2.24) is 4.57 Å². The van der Waals surface area contributed by atoms with Crippen molar-refractivity contribution in [3.8, 4) is 0 Å². The number of para-hydroxylation sites is 1. The number of rotatable bonds is 3. The molecule has 0 saturated carbocycles. The number of amides is 1. The van der Waals surface area contributed by atoms with Crippen LogP contribution in [0.2, 0.25) is 0 Å². The van der Waals surface area contributed by atoms with Gasteiger partial charge >= 0.3 is 0 Å². The zero-order valence-electron chi connectivity index (χ0n) is 13.5. The van der Waals surface area contributed by atoms with E-state index in [1.54, 1.807) is 12.3 Å². The highest BCUT2D eigenvalue weighted by molar-refractivity contribution is 6.06. The van der Waals surface area contributed by atoms with Crippen molar-refractivity contribution in [3.05, 3.63) is 75.6 Å². The Hall–Kier alpha value is -2.88. The number of nitrogens with one attached hydrogen (secondary N) is 1. The average molecular weight is 318 g/mol. The molecule has 0 fully saturated rings. The van der Waals surface area contributed by atoms with Gasteiger partial charge in [0.1, 0.15) is 5.56 Å². The Morgan fingerprint density at radius 3 is 2.71 bits per heavy atom. The molecule has 2 heterocycles. The Balaban J connectivity index is 1.73. The summed E-state index contributed by atoms with van der Waals surface area (Å²) < 4.78 is 2.02. The highest BCUT2D eigenvalue weighted by Gasteiger charge is 2.20. The Bertz CT molecular complexity index is 1000. The minimum atomic E-state index is -0.354. The monoisotopic (exact) mass is 318 g/mol. The number of pyridine rings is 1. The lowest BCUT2D eigenvalue weighted by Gasteiger charge is -2.09. The molecular formula is C20H18N2O2. The molecule has 1 aromatic heterocycles. The van der Waals surface area contributed by atoms with Gasteiger partial charge in [-0.05, 0) is 42.2 Å². The van der Waals surface area contributed by atoms with Gasteiger partial charge in [-0.25, -0.2) is 0 Å². The molecule has 0 atom stereocenters. The van der Waals surface area contributed by atoms with Crippen LogP contribution in [0.25, 0.3) is 10.9 Å². The fraction of sp³-hybridized carbons (Fsp3) is 0.200. The van der Waals surface area contributed by atoms with Crippen LogP contribution in [0.5, 0.6) is 0 Å². The van der Waals surface area contributed by atoms with E-state index in [2.05, 4.69) is 12.2 Å². The molecule has 0 spiro atoms. The van der Waals surface area contributed by atoms with Crippen LogP contribution < -0.4 is 10.7 Å². The van der Waals surface area contributed by atoms with Gasteiger partial charge in [-0.3, -0.25) is 9.59 Å². The second-order valence-electron chi connectivity index (χ2n) is 6.13. The maximum absolute atomic E-state index is 12.7. The van der Waals surface area contributed by atoms with Crippen molar-refractivity contribution in [2.24, 2.45) is 0 Å². The molecule has 0 unspecified atom stereocenters. The van der Waals surface area contributed by atoms with Crippen LogP contribution in [0.3, 0.4) is 0 Å². The molecule has 24 heavy (non-hydrogen) atoms. The first kappa shape index (κ1) is 14.7. The van der Waals surface area contributed by atoms with E-state index in [1.807, 2.05) is 41.0 Å². The number of hydrogen-bond acceptors (Lipinski definition) is 2. The normalized spacial score (nSPS) is 12.5. The molecule has 4 nitrogen and oxygen atoms in total. The number of carbonyl (C=O) groups excluding carboxylic acids is 1. The van der Waals surface area contributed by atoms with Crippen LogP contribution in [0.15, 0.2) is 53.5 Å². The maximum Gasteiger partial charge on any atom is 0.261 e. The van der Waals surface area contributed by atoms with Crippen LogP contribution >= 0.6 is 0 Å². The van der Waals surface area contributed by atoms with Crippen LogP contribution in [-0.2, 0) is 19.4 Å². The van der Waals surface area contributed by atoms with E-state index in [9.17, 15) is 9.59 Å². The summed E-state index contributed by atoms with van der Waals surface area (Å²) in [5.41, 5.74) is 4.04. The number of benzene rings is 2. The molecule has 120 valence electrons. The van der Waals surface area contributed by atoms with Crippen molar-refractivity contribution in [2.75, 3.05) is 5.32 Å². The average Bonchev–Trinajstić information content (AvgIpc) is 3.03. The Morgan fingerprint density at radius 2 is 1.96 bits per heavy atom. The molecule has 4 rings (SSSR count). The van der Waals surface area contributed by atoms with Crippen molar-refractivity contribution >= 4 is 22.5 Å². The smallest absolute Gasteiger partial charge is 0.261 e. The lowest BCUT2D eigenvalue weighted by molar-refractivity contribution is 0.102. The van der Waals surface area contributed by atoms with Gasteiger partial charge in [-0.2, -0.15) is 0 Å². The molecular weight excluding hydrogens is 300 g/mol. The van der Waals surface area contributed by atoms with E-state index < -0.39 is 0 Å². The summed E-state index contributed by atoms with van der Waals surface area (Å²) in [5, 5.41) is 3.46. The van der Waals surface area contributed by atoms with Crippen LogP contribution in [0.1, 0.15) is 28.4 Å². The van der Waals surface area contributed by atoms with E-state index in [4.69, 9.17) is 0 Å². The third-order valence-corrected chi connectivity index (χ3v) is 4.67. The highest BCUT2D eigenvalue weighted by Crippen LogP contribution is 2.24. The predicted molar refractivity (Wildman–Crippen MR) is 95.7 cm³/mol.